The highest BCUT2D eigenvalue weighted by Crippen LogP contribution is 2.36. The Hall–Kier alpha value is -3.69. The number of carboxylic acid groups (broad SMARTS) is 1. The number of benzene rings is 2. The van der Waals surface area contributed by atoms with Gasteiger partial charge in [-0.15, -0.1) is 0 Å². The van der Waals surface area contributed by atoms with Gasteiger partial charge in [-0.1, -0.05) is 37.6 Å². The quantitative estimate of drug-likeness (QED) is 0.362. The minimum absolute atomic E-state index is 0.0402. The van der Waals surface area contributed by atoms with Crippen molar-refractivity contribution in [3.63, 3.8) is 0 Å². The fourth-order valence-corrected chi connectivity index (χ4v) is 6.47. The van der Waals surface area contributed by atoms with Crippen molar-refractivity contribution in [1.29, 1.82) is 0 Å². The number of hydrogen-bond acceptors (Lipinski definition) is 6. The Bertz CT molecular complexity index is 1320. The van der Waals surface area contributed by atoms with E-state index >= 15 is 0 Å². The summed E-state index contributed by atoms with van der Waals surface area (Å²) in [7, 11) is 0. The van der Waals surface area contributed by atoms with Crippen LogP contribution in [-0.4, -0.2) is 75.1 Å². The van der Waals surface area contributed by atoms with E-state index in [0.717, 1.165) is 31.2 Å². The number of piperidine rings is 1. The Kier molecular flexibility index (Phi) is 8.99. The molecule has 2 aromatic rings. The van der Waals surface area contributed by atoms with E-state index in [9.17, 15) is 24.6 Å². The third kappa shape index (κ3) is 6.08. The molecule has 2 aliphatic heterocycles. The molecular formula is C33H41N3O6. The van der Waals surface area contributed by atoms with Gasteiger partial charge in [0.15, 0.2) is 0 Å². The van der Waals surface area contributed by atoms with E-state index in [2.05, 4.69) is 17.1 Å². The minimum Gasteiger partial charge on any atom is -0.478 e. The van der Waals surface area contributed by atoms with Gasteiger partial charge in [-0.25, -0.2) is 4.79 Å². The number of aliphatic hydroxyl groups is 1. The van der Waals surface area contributed by atoms with Gasteiger partial charge < -0.3 is 25.2 Å². The lowest BCUT2D eigenvalue weighted by atomic mass is 9.79. The number of likely N-dealkylation sites (tertiary alicyclic amines) is 1. The molecule has 0 bridgehead atoms. The van der Waals surface area contributed by atoms with Crippen molar-refractivity contribution in [2.75, 3.05) is 19.6 Å². The molecule has 2 aromatic carbocycles. The SMILES string of the molecule is CCCCN1C(=O)[C@@H]([C@H](O)C2CC=CC2)NC(=O)C12CCN(Cc1ccc(Oc3ccc(C(=O)O)c(C)c3)cc1)CC2. The number of allylic oxidation sites excluding steroid dienone is 2. The van der Waals surface area contributed by atoms with Crippen molar-refractivity contribution < 1.29 is 29.3 Å². The molecule has 2 fully saturated rings. The zero-order chi connectivity index (χ0) is 29.9. The maximum Gasteiger partial charge on any atom is 0.335 e. The van der Waals surface area contributed by atoms with Gasteiger partial charge in [0.25, 0.3) is 0 Å². The van der Waals surface area contributed by atoms with Crippen LogP contribution in [0.25, 0.3) is 0 Å². The Morgan fingerprint density at radius 1 is 1.07 bits per heavy atom. The molecule has 3 N–H and O–H groups in total. The number of aromatic carboxylic acids is 1. The first-order valence-corrected chi connectivity index (χ1v) is 15.0. The van der Waals surface area contributed by atoms with Crippen LogP contribution in [0.3, 0.4) is 0 Å². The number of carbonyl (C=O) groups excluding carboxylic acids is 2. The number of carboxylic acids is 1. The van der Waals surface area contributed by atoms with E-state index in [4.69, 9.17) is 4.74 Å². The molecule has 0 unspecified atom stereocenters. The van der Waals surface area contributed by atoms with E-state index in [1.165, 1.54) is 0 Å². The van der Waals surface area contributed by atoms with Gasteiger partial charge in [-0.2, -0.15) is 0 Å². The summed E-state index contributed by atoms with van der Waals surface area (Å²) >= 11 is 0. The summed E-state index contributed by atoms with van der Waals surface area (Å²) in [5.74, 6) is -0.0552. The Morgan fingerprint density at radius 2 is 1.74 bits per heavy atom. The topological polar surface area (TPSA) is 119 Å². The number of nitrogens with one attached hydrogen (secondary N) is 1. The zero-order valence-electron chi connectivity index (χ0n) is 24.4. The van der Waals surface area contributed by atoms with Crippen LogP contribution in [0.15, 0.2) is 54.6 Å². The zero-order valence-corrected chi connectivity index (χ0v) is 24.4. The molecule has 3 aliphatic rings. The van der Waals surface area contributed by atoms with E-state index in [-0.39, 0.29) is 23.3 Å². The average Bonchev–Trinajstić information content (AvgIpc) is 3.52. The largest absolute Gasteiger partial charge is 0.478 e. The van der Waals surface area contributed by atoms with Gasteiger partial charge in [-0.05, 0) is 86.4 Å². The summed E-state index contributed by atoms with van der Waals surface area (Å²) in [6.45, 7) is 6.41. The molecule has 2 heterocycles. The highest BCUT2D eigenvalue weighted by molar-refractivity contribution is 6.00. The van der Waals surface area contributed by atoms with Crippen LogP contribution in [0.5, 0.6) is 11.5 Å². The number of rotatable bonds is 10. The molecule has 1 spiro atoms. The van der Waals surface area contributed by atoms with Crippen molar-refractivity contribution in [2.24, 2.45) is 5.92 Å². The number of ether oxygens (including phenoxy) is 1. The molecule has 2 saturated heterocycles. The number of hydrogen-bond donors (Lipinski definition) is 3. The van der Waals surface area contributed by atoms with Crippen LogP contribution < -0.4 is 10.1 Å². The summed E-state index contributed by atoms with van der Waals surface area (Å²) < 4.78 is 5.93. The third-order valence-corrected chi connectivity index (χ3v) is 9.04. The monoisotopic (exact) mass is 575 g/mol. The van der Waals surface area contributed by atoms with Crippen LogP contribution in [0.2, 0.25) is 0 Å². The maximum absolute atomic E-state index is 13.7. The number of aliphatic hydroxyl groups excluding tert-OH is 1. The van der Waals surface area contributed by atoms with Crippen LogP contribution in [0, 0.1) is 12.8 Å². The van der Waals surface area contributed by atoms with Crippen LogP contribution >= 0.6 is 0 Å². The van der Waals surface area contributed by atoms with Crippen molar-refractivity contribution in [3.05, 3.63) is 71.3 Å². The third-order valence-electron chi connectivity index (χ3n) is 9.04. The molecule has 224 valence electrons. The molecule has 0 aromatic heterocycles. The fraction of sp³-hybridized carbons (Fsp3) is 0.485. The smallest absolute Gasteiger partial charge is 0.335 e. The molecule has 0 saturated carbocycles. The average molecular weight is 576 g/mol. The summed E-state index contributed by atoms with van der Waals surface area (Å²) in [6, 6.07) is 11.8. The molecule has 1 aliphatic carbocycles. The second-order valence-electron chi connectivity index (χ2n) is 11.8. The predicted octanol–water partition coefficient (Wildman–Crippen LogP) is 4.27. The van der Waals surface area contributed by atoms with Gasteiger partial charge in [0.05, 0.1) is 11.7 Å². The molecule has 9 nitrogen and oxygen atoms in total. The summed E-state index contributed by atoms with van der Waals surface area (Å²) in [6.07, 6.45) is 7.44. The predicted molar refractivity (Wildman–Crippen MR) is 158 cm³/mol. The second-order valence-corrected chi connectivity index (χ2v) is 11.8. The number of unbranched alkanes of at least 4 members (excludes halogenated alkanes) is 1. The van der Waals surface area contributed by atoms with E-state index in [1.807, 2.05) is 36.4 Å². The Morgan fingerprint density at radius 3 is 2.36 bits per heavy atom. The van der Waals surface area contributed by atoms with Gasteiger partial charge >= 0.3 is 5.97 Å². The minimum atomic E-state index is -0.962. The first-order chi connectivity index (χ1) is 20.2. The summed E-state index contributed by atoms with van der Waals surface area (Å²) in [4.78, 5) is 42.7. The maximum atomic E-state index is 13.7. The van der Waals surface area contributed by atoms with Crippen molar-refractivity contribution in [1.82, 2.24) is 15.1 Å². The molecular weight excluding hydrogens is 534 g/mol. The number of aryl methyl sites for hydroxylation is 1. The molecule has 2 amide bonds. The van der Waals surface area contributed by atoms with Gasteiger partial charge in [-0.3, -0.25) is 14.5 Å². The number of amides is 2. The van der Waals surface area contributed by atoms with Gasteiger partial charge in [0.2, 0.25) is 11.8 Å². The van der Waals surface area contributed by atoms with Crippen LogP contribution in [-0.2, 0) is 16.1 Å². The number of piperazine rings is 1. The molecule has 42 heavy (non-hydrogen) atoms. The van der Waals surface area contributed by atoms with Crippen molar-refractivity contribution in [2.45, 2.75) is 76.6 Å². The molecule has 2 atom stereocenters. The normalized spacial score (nSPS) is 21.5. The summed E-state index contributed by atoms with van der Waals surface area (Å²) in [5.41, 5.74) is 1.12. The molecule has 9 heteroatoms. The lowest BCUT2D eigenvalue weighted by Gasteiger charge is -2.52. The fourth-order valence-electron chi connectivity index (χ4n) is 6.47. The van der Waals surface area contributed by atoms with Crippen LogP contribution in [0.4, 0.5) is 0 Å². The van der Waals surface area contributed by atoms with E-state index < -0.39 is 23.7 Å². The lowest BCUT2D eigenvalue weighted by molar-refractivity contribution is -0.165. The first kappa shape index (κ1) is 29.8. The lowest BCUT2D eigenvalue weighted by Crippen LogP contribution is -2.75. The van der Waals surface area contributed by atoms with Crippen molar-refractivity contribution >= 4 is 17.8 Å². The number of carbonyl (C=O) groups is 3. The van der Waals surface area contributed by atoms with E-state index in [1.54, 1.807) is 30.0 Å². The number of nitrogens with zero attached hydrogens (tertiary/aromatic N) is 2. The Labute approximate surface area is 247 Å². The first-order valence-electron chi connectivity index (χ1n) is 15.0. The van der Waals surface area contributed by atoms with E-state index in [0.29, 0.717) is 56.1 Å². The second kappa shape index (κ2) is 12.7. The highest BCUT2D eigenvalue weighted by Gasteiger charge is 2.55. The highest BCUT2D eigenvalue weighted by atomic mass is 16.5. The van der Waals surface area contributed by atoms with Gasteiger partial charge in [0, 0.05) is 26.2 Å². The molecule has 5 rings (SSSR count). The Balaban J connectivity index is 1.21. The summed E-state index contributed by atoms with van der Waals surface area (Å²) in [5, 5.41) is 23.2. The molecule has 0 radical (unpaired) electrons. The van der Waals surface area contributed by atoms with Crippen LogP contribution in [0.1, 0.15) is 66.9 Å². The van der Waals surface area contributed by atoms with Crippen molar-refractivity contribution in [3.8, 4) is 11.5 Å². The van der Waals surface area contributed by atoms with Gasteiger partial charge in [0.1, 0.15) is 23.1 Å². The standard InChI is InChI=1S/C33H41N3O6/c1-3-4-17-36-30(38)28(29(37)24-7-5-6-8-24)34-32(41)33(36)15-18-35(19-16-33)21-23-9-11-25(12-10-23)42-26-13-14-27(31(39)40)22(2)20-26/h5-6,9-14,20,24,28-29,37H,3-4,7-8,15-19,21H2,1-2H3,(H,34,41)(H,39,40)/t28-,29-/m1/s1.